The first-order chi connectivity index (χ1) is 17.3. The zero-order valence-corrected chi connectivity index (χ0v) is 22.2. The van der Waals surface area contributed by atoms with Gasteiger partial charge in [-0.2, -0.15) is 0 Å². The van der Waals surface area contributed by atoms with Crippen molar-refractivity contribution in [2.45, 2.75) is 44.6 Å². The second-order valence-corrected chi connectivity index (χ2v) is 10.3. The van der Waals surface area contributed by atoms with Gasteiger partial charge in [-0.15, -0.1) is 0 Å². The van der Waals surface area contributed by atoms with Crippen molar-refractivity contribution in [3.05, 3.63) is 87.4 Å². The fourth-order valence-corrected chi connectivity index (χ4v) is 5.35. The number of ether oxygens (including phenoxy) is 1. The summed E-state index contributed by atoms with van der Waals surface area (Å²) in [6.07, 6.45) is 3.66. The summed E-state index contributed by atoms with van der Waals surface area (Å²) in [5.41, 5.74) is 1.16. The molecule has 1 N–H and O–H groups in total. The van der Waals surface area contributed by atoms with E-state index in [2.05, 4.69) is 5.32 Å². The van der Waals surface area contributed by atoms with Crippen molar-refractivity contribution >= 4 is 58.0 Å². The lowest BCUT2D eigenvalue weighted by atomic mass is 9.78. The minimum atomic E-state index is -1.10. The molecule has 0 bridgehead atoms. The number of nitrogens with one attached hydrogen (secondary N) is 1. The Kier molecular flexibility index (Phi) is 8.45. The molecule has 5 nitrogen and oxygen atoms in total. The maximum atomic E-state index is 14.0. The number of nitrogens with zero attached hydrogens (tertiary/aromatic N) is 1. The van der Waals surface area contributed by atoms with Crippen molar-refractivity contribution in [1.29, 1.82) is 0 Å². The van der Waals surface area contributed by atoms with Crippen LogP contribution < -0.4 is 15.0 Å². The van der Waals surface area contributed by atoms with Gasteiger partial charge in [0.15, 0.2) is 6.61 Å². The first kappa shape index (κ1) is 26.3. The molecular weight excluding hydrogens is 519 g/mol. The van der Waals surface area contributed by atoms with Crippen molar-refractivity contribution in [3.63, 3.8) is 0 Å². The Balaban J connectivity index is 1.70. The topological polar surface area (TPSA) is 58.6 Å². The van der Waals surface area contributed by atoms with E-state index < -0.39 is 5.54 Å². The molecular formula is C28H27Cl3N2O3. The van der Waals surface area contributed by atoms with E-state index in [1.807, 2.05) is 31.2 Å². The second-order valence-electron chi connectivity index (χ2n) is 8.99. The van der Waals surface area contributed by atoms with E-state index in [0.717, 1.165) is 24.8 Å². The molecule has 0 radical (unpaired) electrons. The number of aryl methyl sites for hydroxylation is 1. The van der Waals surface area contributed by atoms with Gasteiger partial charge in [0, 0.05) is 21.4 Å². The molecule has 1 aliphatic rings. The molecule has 1 fully saturated rings. The maximum Gasteiger partial charge on any atom is 0.265 e. The molecule has 3 aromatic rings. The molecule has 0 heterocycles. The summed E-state index contributed by atoms with van der Waals surface area (Å²) in [7, 11) is 0. The zero-order valence-electron chi connectivity index (χ0n) is 19.9. The van der Waals surface area contributed by atoms with Gasteiger partial charge >= 0.3 is 0 Å². The van der Waals surface area contributed by atoms with Crippen molar-refractivity contribution in [1.82, 2.24) is 0 Å². The lowest BCUT2D eigenvalue weighted by Crippen LogP contribution is -2.61. The molecule has 0 saturated heterocycles. The number of carbonyl (C=O) groups is 2. The van der Waals surface area contributed by atoms with E-state index in [1.54, 1.807) is 47.4 Å². The number of benzene rings is 3. The average Bonchev–Trinajstić information content (AvgIpc) is 2.84. The van der Waals surface area contributed by atoms with Crippen molar-refractivity contribution in [3.8, 4) is 5.75 Å². The Morgan fingerprint density at radius 2 is 1.64 bits per heavy atom. The van der Waals surface area contributed by atoms with Crippen LogP contribution in [0.3, 0.4) is 0 Å². The van der Waals surface area contributed by atoms with Gasteiger partial charge in [0.25, 0.3) is 11.8 Å². The predicted octanol–water partition coefficient (Wildman–Crippen LogP) is 7.71. The Bertz CT molecular complexity index is 1260. The number of rotatable bonds is 7. The molecule has 36 heavy (non-hydrogen) atoms. The summed E-state index contributed by atoms with van der Waals surface area (Å²) in [5.74, 6) is -0.266. The van der Waals surface area contributed by atoms with Crippen LogP contribution in [0.5, 0.6) is 5.75 Å². The maximum absolute atomic E-state index is 14.0. The lowest BCUT2D eigenvalue weighted by Gasteiger charge is -2.45. The van der Waals surface area contributed by atoms with Crippen molar-refractivity contribution in [2.75, 3.05) is 16.8 Å². The minimum absolute atomic E-state index is 0.231. The Morgan fingerprint density at radius 3 is 2.33 bits per heavy atom. The molecule has 0 atom stereocenters. The van der Waals surface area contributed by atoms with Crippen LogP contribution >= 0.6 is 34.8 Å². The summed E-state index contributed by atoms with van der Waals surface area (Å²) in [5, 5.41) is 4.30. The molecule has 8 heteroatoms. The first-order valence-electron chi connectivity index (χ1n) is 11.8. The fourth-order valence-electron chi connectivity index (χ4n) is 4.70. The zero-order chi connectivity index (χ0) is 25.7. The van der Waals surface area contributed by atoms with Gasteiger partial charge in [-0.25, -0.2) is 0 Å². The monoisotopic (exact) mass is 544 g/mol. The quantitative estimate of drug-likeness (QED) is 0.331. The van der Waals surface area contributed by atoms with E-state index in [0.29, 0.717) is 45.0 Å². The third-order valence-electron chi connectivity index (χ3n) is 6.37. The number of amides is 2. The SMILES string of the molecule is Cc1cccc(NC(=O)C2(N(C(=O)COc3ccc(Cl)cc3Cl)c3cccc(Cl)c3)CCCCC2)c1. The van der Waals surface area contributed by atoms with Crippen LogP contribution in [0, 0.1) is 6.92 Å². The molecule has 4 rings (SSSR count). The highest BCUT2D eigenvalue weighted by Gasteiger charge is 2.48. The highest BCUT2D eigenvalue weighted by atomic mass is 35.5. The normalized spacial score (nSPS) is 14.7. The number of anilines is 2. The van der Waals surface area contributed by atoms with Gasteiger partial charge in [0.1, 0.15) is 11.3 Å². The van der Waals surface area contributed by atoms with E-state index in [4.69, 9.17) is 39.5 Å². The molecule has 1 aliphatic carbocycles. The van der Waals surface area contributed by atoms with E-state index in [1.165, 1.54) is 0 Å². The Morgan fingerprint density at radius 1 is 0.917 bits per heavy atom. The van der Waals surface area contributed by atoms with E-state index in [-0.39, 0.29) is 18.4 Å². The molecule has 2 amide bonds. The van der Waals surface area contributed by atoms with Gasteiger partial charge in [-0.1, -0.05) is 72.3 Å². The van der Waals surface area contributed by atoms with Crippen molar-refractivity contribution in [2.24, 2.45) is 0 Å². The fraction of sp³-hybridized carbons (Fsp3) is 0.286. The van der Waals surface area contributed by atoms with Crippen LogP contribution in [0.25, 0.3) is 0 Å². The summed E-state index contributed by atoms with van der Waals surface area (Å²) in [6.45, 7) is 1.65. The van der Waals surface area contributed by atoms with Gasteiger partial charge in [-0.3, -0.25) is 14.5 Å². The molecule has 0 aliphatic heterocycles. The highest BCUT2D eigenvalue weighted by molar-refractivity contribution is 6.35. The highest BCUT2D eigenvalue weighted by Crippen LogP contribution is 2.39. The van der Waals surface area contributed by atoms with Crippen LogP contribution in [0.4, 0.5) is 11.4 Å². The van der Waals surface area contributed by atoms with Gasteiger partial charge in [0.05, 0.1) is 5.02 Å². The summed E-state index contributed by atoms with van der Waals surface area (Å²) < 4.78 is 5.79. The summed E-state index contributed by atoms with van der Waals surface area (Å²) >= 11 is 18.5. The average molecular weight is 546 g/mol. The Labute approximate surface area is 226 Å². The third-order valence-corrected chi connectivity index (χ3v) is 7.13. The van der Waals surface area contributed by atoms with E-state index >= 15 is 0 Å². The second kappa shape index (κ2) is 11.5. The molecule has 188 valence electrons. The number of halogens is 3. The standard InChI is InChI=1S/C28H27Cl3N2O3/c1-19-7-5-9-22(15-19)32-27(35)28(13-3-2-4-14-28)33(23-10-6-8-20(29)16-23)26(34)18-36-25-12-11-21(30)17-24(25)31/h5-12,15-17H,2-4,13-14,18H2,1H3,(H,32,35). The first-order valence-corrected chi connectivity index (χ1v) is 13.0. The van der Waals surface area contributed by atoms with Crippen LogP contribution in [0.15, 0.2) is 66.7 Å². The third kappa shape index (κ3) is 5.97. The molecule has 0 aromatic heterocycles. The number of hydrogen-bond donors (Lipinski definition) is 1. The Hall–Kier alpha value is -2.73. The van der Waals surface area contributed by atoms with Crippen LogP contribution in [0.2, 0.25) is 15.1 Å². The molecule has 0 unspecified atom stereocenters. The largest absolute Gasteiger partial charge is 0.482 e. The van der Waals surface area contributed by atoms with Gasteiger partial charge < -0.3 is 10.1 Å². The lowest BCUT2D eigenvalue weighted by molar-refractivity contribution is -0.129. The smallest absolute Gasteiger partial charge is 0.265 e. The van der Waals surface area contributed by atoms with Crippen molar-refractivity contribution < 1.29 is 14.3 Å². The van der Waals surface area contributed by atoms with E-state index in [9.17, 15) is 9.59 Å². The predicted molar refractivity (Wildman–Crippen MR) is 147 cm³/mol. The van der Waals surface area contributed by atoms with Crippen LogP contribution in [0.1, 0.15) is 37.7 Å². The number of hydrogen-bond acceptors (Lipinski definition) is 3. The summed E-state index contributed by atoms with van der Waals surface area (Å²) in [6, 6.07) is 19.4. The summed E-state index contributed by atoms with van der Waals surface area (Å²) in [4.78, 5) is 29.3. The van der Waals surface area contributed by atoms with Gasteiger partial charge in [0.2, 0.25) is 0 Å². The molecule has 1 saturated carbocycles. The van der Waals surface area contributed by atoms with Gasteiger partial charge in [-0.05, 0) is 73.9 Å². The minimum Gasteiger partial charge on any atom is -0.482 e. The molecule has 3 aromatic carbocycles. The molecule has 0 spiro atoms. The van der Waals surface area contributed by atoms with Crippen LogP contribution in [-0.2, 0) is 9.59 Å². The number of carbonyl (C=O) groups excluding carboxylic acids is 2. The van der Waals surface area contributed by atoms with Crippen LogP contribution in [-0.4, -0.2) is 24.0 Å².